The van der Waals surface area contributed by atoms with Gasteiger partial charge in [-0.2, -0.15) is 0 Å². The summed E-state index contributed by atoms with van der Waals surface area (Å²) in [6, 6.07) is 11.5. The van der Waals surface area contributed by atoms with Gasteiger partial charge in [-0.05, 0) is 42.8 Å². The molecule has 1 N–H and O–H groups in total. The molecular formula is C22H31N3O7S2. The number of carbonyl (C=O) groups excluding carboxylic acids is 1. The molecule has 0 bridgehead atoms. The molecule has 12 heteroatoms. The van der Waals surface area contributed by atoms with Gasteiger partial charge in [0.15, 0.2) is 0 Å². The van der Waals surface area contributed by atoms with Gasteiger partial charge < -0.3 is 14.8 Å². The van der Waals surface area contributed by atoms with Gasteiger partial charge in [0.1, 0.15) is 24.1 Å². The number of hydrogen-bond donors (Lipinski definition) is 1. The molecule has 2 aromatic rings. The summed E-state index contributed by atoms with van der Waals surface area (Å²) in [5.41, 5.74) is 0.327. The van der Waals surface area contributed by atoms with E-state index in [-0.39, 0.29) is 24.5 Å². The first-order valence-corrected chi connectivity index (χ1v) is 13.8. The van der Waals surface area contributed by atoms with Crippen molar-refractivity contribution in [2.24, 2.45) is 0 Å². The Hall–Kier alpha value is -2.83. The summed E-state index contributed by atoms with van der Waals surface area (Å²) in [5, 5.41) is 2.70. The summed E-state index contributed by atoms with van der Waals surface area (Å²) in [6.45, 7) is 1.96. The van der Waals surface area contributed by atoms with Crippen molar-refractivity contribution in [3.05, 3.63) is 48.5 Å². The molecule has 0 aromatic heterocycles. The number of ether oxygens (including phenoxy) is 2. The number of anilines is 1. The second kappa shape index (κ2) is 11.5. The maximum atomic E-state index is 12.8. The summed E-state index contributed by atoms with van der Waals surface area (Å²) in [6.07, 6.45) is 1.30. The third-order valence-corrected chi connectivity index (χ3v) is 7.92. The molecule has 2 aromatic carbocycles. The molecule has 10 nitrogen and oxygen atoms in total. The SMILES string of the molecule is CCC(C(=O)NCCOc1ccc(S(=O)(=O)N(C)C)cc1)N(c1cccc(OC)c1)S(C)(=O)=O. The maximum absolute atomic E-state index is 12.8. The lowest BCUT2D eigenvalue weighted by atomic mass is 10.2. The van der Waals surface area contributed by atoms with E-state index < -0.39 is 32.0 Å². The largest absolute Gasteiger partial charge is 0.497 e. The summed E-state index contributed by atoms with van der Waals surface area (Å²) >= 11 is 0. The fraction of sp³-hybridized carbons (Fsp3) is 0.409. The van der Waals surface area contributed by atoms with E-state index in [0.29, 0.717) is 17.2 Å². The fourth-order valence-electron chi connectivity index (χ4n) is 3.19. The highest BCUT2D eigenvalue weighted by Crippen LogP contribution is 2.26. The smallest absolute Gasteiger partial charge is 0.244 e. The van der Waals surface area contributed by atoms with Crippen molar-refractivity contribution in [2.45, 2.75) is 24.3 Å². The van der Waals surface area contributed by atoms with E-state index in [9.17, 15) is 21.6 Å². The lowest BCUT2D eigenvalue weighted by Crippen LogP contribution is -2.50. The molecule has 0 aliphatic carbocycles. The van der Waals surface area contributed by atoms with Crippen molar-refractivity contribution in [3.8, 4) is 11.5 Å². The highest BCUT2D eigenvalue weighted by Gasteiger charge is 2.31. The van der Waals surface area contributed by atoms with E-state index in [0.717, 1.165) is 14.9 Å². The summed E-state index contributed by atoms with van der Waals surface area (Å²) in [7, 11) is -2.92. The molecule has 0 aliphatic heterocycles. The third kappa shape index (κ3) is 6.84. The topological polar surface area (TPSA) is 122 Å². The zero-order chi connectivity index (χ0) is 25.5. The molecule has 0 fully saturated rings. The molecule has 1 atom stereocenters. The van der Waals surface area contributed by atoms with E-state index in [1.807, 2.05) is 0 Å². The van der Waals surface area contributed by atoms with E-state index in [2.05, 4.69) is 5.32 Å². The lowest BCUT2D eigenvalue weighted by Gasteiger charge is -2.30. The van der Waals surface area contributed by atoms with Crippen LogP contribution in [0.3, 0.4) is 0 Å². The molecule has 2 rings (SSSR count). The van der Waals surface area contributed by atoms with E-state index in [4.69, 9.17) is 9.47 Å². The van der Waals surface area contributed by atoms with Gasteiger partial charge in [0.25, 0.3) is 0 Å². The molecule has 0 saturated heterocycles. The Balaban J connectivity index is 2.03. The first kappa shape index (κ1) is 27.4. The third-order valence-electron chi connectivity index (χ3n) is 4.91. The van der Waals surface area contributed by atoms with Crippen LogP contribution in [0, 0.1) is 0 Å². The Kier molecular flexibility index (Phi) is 9.30. The van der Waals surface area contributed by atoms with Crippen LogP contribution in [0.2, 0.25) is 0 Å². The Labute approximate surface area is 201 Å². The van der Waals surface area contributed by atoms with Crippen LogP contribution in [0.5, 0.6) is 11.5 Å². The van der Waals surface area contributed by atoms with E-state index in [1.54, 1.807) is 31.2 Å². The molecule has 1 unspecified atom stereocenters. The highest BCUT2D eigenvalue weighted by atomic mass is 32.2. The monoisotopic (exact) mass is 513 g/mol. The molecule has 34 heavy (non-hydrogen) atoms. The van der Waals surface area contributed by atoms with Gasteiger partial charge in [0.2, 0.25) is 26.0 Å². The van der Waals surface area contributed by atoms with Crippen molar-refractivity contribution < 1.29 is 31.1 Å². The van der Waals surface area contributed by atoms with Gasteiger partial charge in [-0.3, -0.25) is 9.10 Å². The van der Waals surface area contributed by atoms with Crippen LogP contribution in [0.25, 0.3) is 0 Å². The van der Waals surface area contributed by atoms with Crippen LogP contribution < -0.4 is 19.1 Å². The number of benzene rings is 2. The Morgan fingerprint density at radius 1 is 1.03 bits per heavy atom. The number of hydrogen-bond acceptors (Lipinski definition) is 7. The Morgan fingerprint density at radius 3 is 2.21 bits per heavy atom. The standard InChI is InChI=1S/C22H31N3O7S2/c1-6-21(25(33(5,27)28)17-8-7-9-19(16-17)31-4)22(26)23-14-15-32-18-10-12-20(13-11-18)34(29,30)24(2)3/h7-13,16,21H,6,14-15H2,1-5H3,(H,23,26). The number of sulfonamides is 2. The molecule has 0 radical (unpaired) electrons. The summed E-state index contributed by atoms with van der Waals surface area (Å²) < 4.78 is 62.2. The molecule has 1 amide bonds. The first-order valence-electron chi connectivity index (χ1n) is 10.5. The average molecular weight is 514 g/mol. The van der Waals surface area contributed by atoms with Crippen LogP contribution in [0.1, 0.15) is 13.3 Å². The fourth-order valence-corrected chi connectivity index (χ4v) is 5.29. The van der Waals surface area contributed by atoms with Crippen LogP contribution in [-0.2, 0) is 24.8 Å². The number of rotatable bonds is 12. The van der Waals surface area contributed by atoms with Crippen molar-refractivity contribution in [2.75, 3.05) is 44.9 Å². The van der Waals surface area contributed by atoms with Gasteiger partial charge in [-0.1, -0.05) is 13.0 Å². The van der Waals surface area contributed by atoms with Gasteiger partial charge >= 0.3 is 0 Å². The van der Waals surface area contributed by atoms with Crippen molar-refractivity contribution in [1.29, 1.82) is 0 Å². The normalized spacial score (nSPS) is 12.8. The average Bonchev–Trinajstić information content (AvgIpc) is 2.79. The lowest BCUT2D eigenvalue weighted by molar-refractivity contribution is -0.122. The number of methoxy groups -OCH3 is 1. The first-order chi connectivity index (χ1) is 15.9. The molecule has 0 spiro atoms. The van der Waals surface area contributed by atoms with Gasteiger partial charge in [-0.15, -0.1) is 0 Å². The molecule has 0 saturated carbocycles. The predicted molar refractivity (Wildman–Crippen MR) is 130 cm³/mol. The zero-order valence-electron chi connectivity index (χ0n) is 19.9. The van der Waals surface area contributed by atoms with Crippen molar-refractivity contribution in [1.82, 2.24) is 9.62 Å². The quantitative estimate of drug-likeness (QED) is 0.429. The van der Waals surface area contributed by atoms with Crippen molar-refractivity contribution >= 4 is 31.6 Å². The maximum Gasteiger partial charge on any atom is 0.244 e. The van der Waals surface area contributed by atoms with Crippen molar-refractivity contribution in [3.63, 3.8) is 0 Å². The van der Waals surface area contributed by atoms with Gasteiger partial charge in [0.05, 0.1) is 30.5 Å². The highest BCUT2D eigenvalue weighted by molar-refractivity contribution is 7.92. The van der Waals surface area contributed by atoms with Crippen LogP contribution >= 0.6 is 0 Å². The number of carbonyl (C=O) groups is 1. The van der Waals surface area contributed by atoms with Gasteiger partial charge in [-0.25, -0.2) is 21.1 Å². The minimum Gasteiger partial charge on any atom is -0.497 e. The minimum absolute atomic E-state index is 0.111. The Morgan fingerprint density at radius 2 is 1.68 bits per heavy atom. The molecule has 0 aliphatic rings. The number of amides is 1. The van der Waals surface area contributed by atoms with Crippen LogP contribution in [0.15, 0.2) is 53.4 Å². The van der Waals surface area contributed by atoms with Crippen LogP contribution in [-0.4, -0.2) is 73.7 Å². The summed E-state index contributed by atoms with van der Waals surface area (Å²) in [5.74, 6) is 0.444. The van der Waals surface area contributed by atoms with E-state index >= 15 is 0 Å². The second-order valence-corrected chi connectivity index (χ2v) is 11.6. The minimum atomic E-state index is -3.76. The predicted octanol–water partition coefficient (Wildman–Crippen LogP) is 1.69. The second-order valence-electron chi connectivity index (χ2n) is 7.58. The number of nitrogens with zero attached hydrogens (tertiary/aromatic N) is 2. The summed E-state index contributed by atoms with van der Waals surface area (Å²) in [4.78, 5) is 13.0. The molecule has 0 heterocycles. The number of nitrogens with one attached hydrogen (secondary N) is 1. The molecule has 188 valence electrons. The van der Waals surface area contributed by atoms with Gasteiger partial charge in [0, 0.05) is 20.2 Å². The van der Waals surface area contributed by atoms with Crippen LogP contribution in [0.4, 0.5) is 5.69 Å². The zero-order valence-corrected chi connectivity index (χ0v) is 21.5. The Bertz CT molecular complexity index is 1180. The van der Waals surface area contributed by atoms with E-state index in [1.165, 1.54) is 45.5 Å². The molecular weight excluding hydrogens is 482 g/mol.